The first-order valence-electron chi connectivity index (χ1n) is 4.81. The predicted octanol–water partition coefficient (Wildman–Crippen LogP) is 2.93. The lowest BCUT2D eigenvalue weighted by atomic mass is 10.0. The molecule has 0 saturated carbocycles. The number of rotatable bonds is 5. The molecule has 1 unspecified atom stereocenters. The number of carbonyl (C=O) groups is 1. The molecule has 0 spiro atoms. The number of esters is 1. The van der Waals surface area contributed by atoms with Crippen molar-refractivity contribution in [2.24, 2.45) is 5.92 Å². The number of allylic oxidation sites excluding steroid dienone is 2. The van der Waals surface area contributed by atoms with E-state index in [1.165, 1.54) is 12.7 Å². The SMILES string of the molecule is C/C=C(\C)CCCC(C)C(=O)OC. The lowest BCUT2D eigenvalue weighted by Gasteiger charge is -2.08. The van der Waals surface area contributed by atoms with Gasteiger partial charge < -0.3 is 4.74 Å². The highest BCUT2D eigenvalue weighted by Gasteiger charge is 2.11. The highest BCUT2D eigenvalue weighted by Crippen LogP contribution is 2.12. The van der Waals surface area contributed by atoms with Gasteiger partial charge in [-0.15, -0.1) is 0 Å². The van der Waals surface area contributed by atoms with Crippen LogP contribution in [0.1, 0.15) is 40.0 Å². The lowest BCUT2D eigenvalue weighted by molar-refractivity contribution is -0.145. The number of hydrogen-bond donors (Lipinski definition) is 0. The largest absolute Gasteiger partial charge is 0.469 e. The first kappa shape index (κ1) is 12.2. The van der Waals surface area contributed by atoms with Crippen LogP contribution in [0.2, 0.25) is 0 Å². The van der Waals surface area contributed by atoms with E-state index in [1.54, 1.807) is 0 Å². The van der Waals surface area contributed by atoms with Crippen LogP contribution in [-0.2, 0) is 9.53 Å². The van der Waals surface area contributed by atoms with Crippen LogP contribution in [0.4, 0.5) is 0 Å². The minimum Gasteiger partial charge on any atom is -0.469 e. The van der Waals surface area contributed by atoms with E-state index in [0.29, 0.717) is 0 Å². The first-order chi connectivity index (χ1) is 6.11. The molecule has 0 aromatic rings. The maximum Gasteiger partial charge on any atom is 0.308 e. The summed E-state index contributed by atoms with van der Waals surface area (Å²) in [5.41, 5.74) is 1.39. The van der Waals surface area contributed by atoms with Crippen molar-refractivity contribution in [3.8, 4) is 0 Å². The van der Waals surface area contributed by atoms with Gasteiger partial charge in [-0.3, -0.25) is 4.79 Å². The fourth-order valence-electron chi connectivity index (χ4n) is 1.15. The number of carbonyl (C=O) groups excluding carboxylic acids is 1. The molecule has 1 atom stereocenters. The summed E-state index contributed by atoms with van der Waals surface area (Å²) in [7, 11) is 1.44. The van der Waals surface area contributed by atoms with Crippen molar-refractivity contribution in [2.75, 3.05) is 7.11 Å². The molecule has 2 heteroatoms. The normalized spacial score (nSPS) is 14.0. The Morgan fingerprint density at radius 2 is 2.15 bits per heavy atom. The van der Waals surface area contributed by atoms with Gasteiger partial charge in [0.05, 0.1) is 13.0 Å². The molecule has 76 valence electrons. The van der Waals surface area contributed by atoms with Crippen LogP contribution in [0.25, 0.3) is 0 Å². The van der Waals surface area contributed by atoms with E-state index in [0.717, 1.165) is 19.3 Å². The molecule has 2 nitrogen and oxygen atoms in total. The molecule has 0 aliphatic carbocycles. The van der Waals surface area contributed by atoms with Crippen LogP contribution in [0.15, 0.2) is 11.6 Å². The van der Waals surface area contributed by atoms with Gasteiger partial charge >= 0.3 is 5.97 Å². The van der Waals surface area contributed by atoms with Crippen molar-refractivity contribution >= 4 is 5.97 Å². The monoisotopic (exact) mass is 184 g/mol. The molecule has 0 aromatic heterocycles. The molecule has 0 N–H and O–H groups in total. The van der Waals surface area contributed by atoms with Gasteiger partial charge in [-0.2, -0.15) is 0 Å². The zero-order valence-corrected chi connectivity index (χ0v) is 9.09. The smallest absolute Gasteiger partial charge is 0.308 e. The van der Waals surface area contributed by atoms with Gasteiger partial charge in [-0.05, 0) is 33.1 Å². The number of ether oxygens (including phenoxy) is 1. The topological polar surface area (TPSA) is 26.3 Å². The van der Waals surface area contributed by atoms with Crippen LogP contribution in [0, 0.1) is 5.92 Å². The molecule has 0 aliphatic heterocycles. The molecule has 0 fully saturated rings. The summed E-state index contributed by atoms with van der Waals surface area (Å²) >= 11 is 0. The van der Waals surface area contributed by atoms with Crippen molar-refractivity contribution in [2.45, 2.75) is 40.0 Å². The molecule has 0 saturated heterocycles. The predicted molar refractivity (Wildman–Crippen MR) is 54.5 cm³/mol. The Labute approximate surface area is 81.0 Å². The minimum absolute atomic E-state index is 0.0367. The van der Waals surface area contributed by atoms with Gasteiger partial charge in [0.2, 0.25) is 0 Å². The molecule has 0 radical (unpaired) electrons. The Kier molecular flexibility index (Phi) is 6.29. The second-order valence-electron chi connectivity index (χ2n) is 3.45. The quantitative estimate of drug-likeness (QED) is 0.485. The van der Waals surface area contributed by atoms with Crippen molar-refractivity contribution in [3.05, 3.63) is 11.6 Å². The average molecular weight is 184 g/mol. The Morgan fingerprint density at radius 1 is 1.54 bits per heavy atom. The third-order valence-corrected chi connectivity index (χ3v) is 2.30. The fourth-order valence-corrected chi connectivity index (χ4v) is 1.15. The van der Waals surface area contributed by atoms with Crippen LogP contribution in [0.3, 0.4) is 0 Å². The second-order valence-corrected chi connectivity index (χ2v) is 3.45. The molecule has 0 amide bonds. The highest BCUT2D eigenvalue weighted by molar-refractivity contribution is 5.71. The minimum atomic E-state index is -0.0990. The molecular weight excluding hydrogens is 164 g/mol. The summed E-state index contributed by atoms with van der Waals surface area (Å²) in [5.74, 6) is -0.0622. The van der Waals surface area contributed by atoms with Gasteiger partial charge in [0, 0.05) is 0 Å². The van der Waals surface area contributed by atoms with Gasteiger partial charge in [0.15, 0.2) is 0 Å². The fraction of sp³-hybridized carbons (Fsp3) is 0.727. The van der Waals surface area contributed by atoms with Crippen LogP contribution < -0.4 is 0 Å². The summed E-state index contributed by atoms with van der Waals surface area (Å²) in [6.45, 7) is 6.07. The van der Waals surface area contributed by atoms with Gasteiger partial charge in [0.1, 0.15) is 0 Å². The van der Waals surface area contributed by atoms with Crippen LogP contribution in [0.5, 0.6) is 0 Å². The summed E-state index contributed by atoms with van der Waals surface area (Å²) in [5, 5.41) is 0. The van der Waals surface area contributed by atoms with Gasteiger partial charge in [-0.25, -0.2) is 0 Å². The summed E-state index contributed by atoms with van der Waals surface area (Å²) < 4.78 is 4.64. The highest BCUT2D eigenvalue weighted by atomic mass is 16.5. The average Bonchev–Trinajstić information content (AvgIpc) is 2.15. The maximum absolute atomic E-state index is 11.0. The van der Waals surface area contributed by atoms with Crippen molar-refractivity contribution in [3.63, 3.8) is 0 Å². The number of hydrogen-bond acceptors (Lipinski definition) is 2. The Bertz CT molecular complexity index is 183. The van der Waals surface area contributed by atoms with Gasteiger partial charge in [-0.1, -0.05) is 18.6 Å². The van der Waals surface area contributed by atoms with Crippen molar-refractivity contribution < 1.29 is 9.53 Å². The van der Waals surface area contributed by atoms with E-state index in [2.05, 4.69) is 17.7 Å². The van der Waals surface area contributed by atoms with Crippen molar-refractivity contribution in [1.82, 2.24) is 0 Å². The second kappa shape index (κ2) is 6.70. The molecule has 0 heterocycles. The van der Waals surface area contributed by atoms with Crippen LogP contribution >= 0.6 is 0 Å². The standard InChI is InChI=1S/C11H20O2/c1-5-9(2)7-6-8-10(3)11(12)13-4/h5,10H,6-8H2,1-4H3/b9-5+. The van der Waals surface area contributed by atoms with E-state index < -0.39 is 0 Å². The molecule has 0 bridgehead atoms. The summed E-state index contributed by atoms with van der Waals surface area (Å²) in [6, 6.07) is 0. The lowest BCUT2D eigenvalue weighted by Crippen LogP contribution is -2.12. The molecule has 0 rings (SSSR count). The zero-order chi connectivity index (χ0) is 10.3. The molecule has 13 heavy (non-hydrogen) atoms. The summed E-state index contributed by atoms with van der Waals surface area (Å²) in [6.07, 6.45) is 5.17. The first-order valence-corrected chi connectivity index (χ1v) is 4.81. The molecule has 0 aliphatic rings. The third-order valence-electron chi connectivity index (χ3n) is 2.30. The molecule has 0 aromatic carbocycles. The Balaban J connectivity index is 3.59. The van der Waals surface area contributed by atoms with E-state index in [1.807, 2.05) is 13.8 Å². The maximum atomic E-state index is 11.0. The third kappa shape index (κ3) is 5.45. The molecular formula is C11H20O2. The zero-order valence-electron chi connectivity index (χ0n) is 9.09. The van der Waals surface area contributed by atoms with Crippen LogP contribution in [-0.4, -0.2) is 13.1 Å². The number of methoxy groups -OCH3 is 1. The van der Waals surface area contributed by atoms with E-state index in [9.17, 15) is 4.79 Å². The Morgan fingerprint density at radius 3 is 2.62 bits per heavy atom. The Hall–Kier alpha value is -0.790. The van der Waals surface area contributed by atoms with Gasteiger partial charge in [0.25, 0.3) is 0 Å². The van der Waals surface area contributed by atoms with E-state index in [-0.39, 0.29) is 11.9 Å². The van der Waals surface area contributed by atoms with E-state index >= 15 is 0 Å². The van der Waals surface area contributed by atoms with E-state index in [4.69, 9.17) is 0 Å². The van der Waals surface area contributed by atoms with Crippen molar-refractivity contribution in [1.29, 1.82) is 0 Å². The summed E-state index contributed by atoms with van der Waals surface area (Å²) in [4.78, 5) is 11.0.